The first kappa shape index (κ1) is 13.4. The maximum absolute atomic E-state index is 8.91. The van der Waals surface area contributed by atoms with Gasteiger partial charge in [0.15, 0.2) is 0 Å². The Morgan fingerprint density at radius 2 is 1.35 bits per heavy atom. The molecule has 3 fully saturated rings. The van der Waals surface area contributed by atoms with E-state index in [0.29, 0.717) is 10.8 Å². The Balaban J connectivity index is 0.000000136. The zero-order valence-corrected chi connectivity index (χ0v) is 12.0. The highest BCUT2D eigenvalue weighted by molar-refractivity contribution is 5.05. The first-order chi connectivity index (χ1) is 7.96. The molecule has 0 spiro atoms. The van der Waals surface area contributed by atoms with E-state index in [-0.39, 0.29) is 6.10 Å². The van der Waals surface area contributed by atoms with Crippen LogP contribution in [0.15, 0.2) is 0 Å². The highest BCUT2D eigenvalue weighted by atomic mass is 16.3. The first-order valence-corrected chi connectivity index (χ1v) is 7.64. The molecule has 3 aliphatic rings. The highest BCUT2D eigenvalue weighted by Crippen LogP contribution is 2.65. The van der Waals surface area contributed by atoms with Gasteiger partial charge in [0.1, 0.15) is 0 Å². The molecule has 3 rings (SSSR count). The van der Waals surface area contributed by atoms with Gasteiger partial charge in [-0.2, -0.15) is 0 Å². The SMILES string of the molecule is CC12CCC(CC1)C2(C)C.OC1CCCCC1. The predicted octanol–water partition coefficient (Wildman–Crippen LogP) is 4.53. The van der Waals surface area contributed by atoms with Crippen LogP contribution in [0.25, 0.3) is 0 Å². The van der Waals surface area contributed by atoms with Gasteiger partial charge in [-0.3, -0.25) is 0 Å². The van der Waals surface area contributed by atoms with Crippen LogP contribution in [0, 0.1) is 16.7 Å². The molecule has 0 unspecified atom stereocenters. The molecule has 0 aromatic rings. The third kappa shape index (κ3) is 2.54. The maximum Gasteiger partial charge on any atom is 0.0540 e. The fraction of sp³-hybridized carbons (Fsp3) is 1.00. The Labute approximate surface area is 107 Å². The number of hydrogen-bond acceptors (Lipinski definition) is 1. The van der Waals surface area contributed by atoms with Crippen LogP contribution in [0.5, 0.6) is 0 Å². The van der Waals surface area contributed by atoms with Crippen LogP contribution < -0.4 is 0 Å². The van der Waals surface area contributed by atoms with Gasteiger partial charge in [0.2, 0.25) is 0 Å². The van der Waals surface area contributed by atoms with E-state index in [9.17, 15) is 0 Å². The molecular formula is C16H30O. The van der Waals surface area contributed by atoms with E-state index in [4.69, 9.17) is 5.11 Å². The minimum atomic E-state index is 0.0359. The molecule has 1 heteroatoms. The average Bonchev–Trinajstić information content (AvgIpc) is 2.65. The lowest BCUT2D eigenvalue weighted by Crippen LogP contribution is -2.26. The number of rotatable bonds is 0. The molecule has 3 saturated carbocycles. The molecule has 0 atom stereocenters. The van der Waals surface area contributed by atoms with Crippen molar-refractivity contribution in [1.82, 2.24) is 0 Å². The van der Waals surface area contributed by atoms with Gasteiger partial charge >= 0.3 is 0 Å². The fourth-order valence-corrected chi connectivity index (χ4v) is 4.19. The highest BCUT2D eigenvalue weighted by Gasteiger charge is 2.55. The van der Waals surface area contributed by atoms with Crippen LogP contribution in [0.1, 0.15) is 78.6 Å². The Hall–Kier alpha value is -0.0400. The summed E-state index contributed by atoms with van der Waals surface area (Å²) in [5.41, 5.74) is 1.37. The minimum absolute atomic E-state index is 0.0359. The lowest BCUT2D eigenvalue weighted by atomic mass is 9.71. The smallest absolute Gasteiger partial charge is 0.0540 e. The first-order valence-electron chi connectivity index (χ1n) is 7.64. The zero-order valence-electron chi connectivity index (χ0n) is 12.0. The summed E-state index contributed by atoms with van der Waals surface area (Å²) in [6.07, 6.45) is 11.9. The normalized spacial score (nSPS) is 39.9. The second-order valence-corrected chi connectivity index (χ2v) is 7.35. The van der Waals surface area contributed by atoms with Gasteiger partial charge in [0.25, 0.3) is 0 Å². The minimum Gasteiger partial charge on any atom is -0.393 e. The van der Waals surface area contributed by atoms with Crippen LogP contribution in [0.2, 0.25) is 0 Å². The lowest BCUT2D eigenvalue weighted by Gasteiger charge is -2.34. The van der Waals surface area contributed by atoms with E-state index in [1.54, 1.807) is 0 Å². The van der Waals surface area contributed by atoms with Gasteiger partial charge in [-0.25, -0.2) is 0 Å². The van der Waals surface area contributed by atoms with Gasteiger partial charge in [0, 0.05) is 0 Å². The van der Waals surface area contributed by atoms with E-state index >= 15 is 0 Å². The van der Waals surface area contributed by atoms with Crippen molar-refractivity contribution in [2.75, 3.05) is 0 Å². The third-order valence-corrected chi connectivity index (χ3v) is 6.24. The largest absolute Gasteiger partial charge is 0.393 e. The Kier molecular flexibility index (Phi) is 3.87. The second kappa shape index (κ2) is 4.91. The van der Waals surface area contributed by atoms with Crippen molar-refractivity contribution in [2.24, 2.45) is 16.7 Å². The molecule has 0 heterocycles. The van der Waals surface area contributed by atoms with Crippen molar-refractivity contribution in [1.29, 1.82) is 0 Å². The molecule has 0 aromatic heterocycles. The van der Waals surface area contributed by atoms with Crippen molar-refractivity contribution in [2.45, 2.75) is 84.7 Å². The van der Waals surface area contributed by atoms with Crippen LogP contribution in [0.4, 0.5) is 0 Å². The number of hydrogen-bond donors (Lipinski definition) is 1. The van der Waals surface area contributed by atoms with Crippen LogP contribution in [0.3, 0.4) is 0 Å². The van der Waals surface area contributed by atoms with Crippen LogP contribution in [-0.2, 0) is 0 Å². The Bertz CT molecular complexity index is 239. The summed E-state index contributed by atoms with van der Waals surface area (Å²) in [5, 5.41) is 8.91. The van der Waals surface area contributed by atoms with E-state index in [0.717, 1.165) is 18.8 Å². The lowest BCUT2D eigenvalue weighted by molar-refractivity contribution is 0.130. The zero-order chi connectivity index (χ0) is 12.5. The van der Waals surface area contributed by atoms with Crippen molar-refractivity contribution in [3.8, 4) is 0 Å². The van der Waals surface area contributed by atoms with E-state index in [1.807, 2.05) is 0 Å². The molecule has 0 radical (unpaired) electrons. The summed E-state index contributed by atoms with van der Waals surface area (Å²) >= 11 is 0. The molecule has 1 N–H and O–H groups in total. The molecule has 100 valence electrons. The molecular weight excluding hydrogens is 208 g/mol. The molecule has 1 nitrogen and oxygen atoms in total. The average molecular weight is 238 g/mol. The summed E-state index contributed by atoms with van der Waals surface area (Å²) in [4.78, 5) is 0. The Morgan fingerprint density at radius 3 is 1.53 bits per heavy atom. The van der Waals surface area contributed by atoms with Crippen molar-refractivity contribution in [3.63, 3.8) is 0 Å². The molecule has 0 amide bonds. The number of aliphatic hydroxyl groups excluding tert-OH is 1. The third-order valence-electron chi connectivity index (χ3n) is 6.24. The monoisotopic (exact) mass is 238 g/mol. The van der Waals surface area contributed by atoms with Crippen molar-refractivity contribution in [3.05, 3.63) is 0 Å². The van der Waals surface area contributed by atoms with E-state index in [2.05, 4.69) is 20.8 Å². The standard InChI is InChI=1S/C10H18.C6H12O/c1-9(2)8-4-6-10(9,3)7-5-8;7-6-4-2-1-3-5-6/h8H,4-7H2,1-3H3;6-7H,1-5H2. The molecule has 0 saturated heterocycles. The number of fused-ring (bicyclic) bond motifs is 2. The second-order valence-electron chi connectivity index (χ2n) is 7.35. The van der Waals surface area contributed by atoms with Gasteiger partial charge in [-0.1, -0.05) is 40.0 Å². The summed E-state index contributed by atoms with van der Waals surface area (Å²) < 4.78 is 0. The fourth-order valence-electron chi connectivity index (χ4n) is 4.19. The quantitative estimate of drug-likeness (QED) is 0.657. The maximum atomic E-state index is 8.91. The molecule has 17 heavy (non-hydrogen) atoms. The van der Waals surface area contributed by atoms with Gasteiger partial charge < -0.3 is 5.11 Å². The Morgan fingerprint density at radius 1 is 0.824 bits per heavy atom. The molecule has 3 aliphatic carbocycles. The van der Waals surface area contributed by atoms with Crippen molar-refractivity contribution >= 4 is 0 Å². The summed E-state index contributed by atoms with van der Waals surface area (Å²) in [6, 6.07) is 0. The summed E-state index contributed by atoms with van der Waals surface area (Å²) in [7, 11) is 0. The molecule has 2 bridgehead atoms. The molecule has 0 aromatic carbocycles. The van der Waals surface area contributed by atoms with E-state index < -0.39 is 0 Å². The molecule has 0 aliphatic heterocycles. The van der Waals surface area contributed by atoms with Crippen LogP contribution >= 0.6 is 0 Å². The van der Waals surface area contributed by atoms with Gasteiger partial charge in [-0.05, 0) is 55.3 Å². The predicted molar refractivity (Wildman–Crippen MR) is 72.9 cm³/mol. The van der Waals surface area contributed by atoms with Gasteiger partial charge in [0.05, 0.1) is 6.10 Å². The van der Waals surface area contributed by atoms with E-state index in [1.165, 1.54) is 44.9 Å². The van der Waals surface area contributed by atoms with Crippen LogP contribution in [-0.4, -0.2) is 11.2 Å². The van der Waals surface area contributed by atoms with Crippen molar-refractivity contribution < 1.29 is 5.11 Å². The number of aliphatic hydroxyl groups is 1. The topological polar surface area (TPSA) is 20.2 Å². The summed E-state index contributed by atoms with van der Waals surface area (Å²) in [6.45, 7) is 7.43. The summed E-state index contributed by atoms with van der Waals surface area (Å²) in [5.74, 6) is 1.05. The van der Waals surface area contributed by atoms with Gasteiger partial charge in [-0.15, -0.1) is 0 Å².